The van der Waals surface area contributed by atoms with Crippen molar-refractivity contribution in [2.75, 3.05) is 0 Å². The maximum atomic E-state index is 10.0. The molecule has 0 saturated carbocycles. The van der Waals surface area contributed by atoms with Crippen LogP contribution in [0.25, 0.3) is 104 Å². The summed E-state index contributed by atoms with van der Waals surface area (Å²) in [6.45, 7) is 9.66. The molecule has 0 atom stereocenters. The van der Waals surface area contributed by atoms with Crippen molar-refractivity contribution in [2.24, 2.45) is 0 Å². The van der Waals surface area contributed by atoms with Crippen LogP contribution >= 0.6 is 11.3 Å². The van der Waals surface area contributed by atoms with E-state index in [1.807, 2.05) is 53.8 Å². The topological polar surface area (TPSA) is 80.9 Å². The third-order valence-corrected chi connectivity index (χ3v) is 14.5. The molecule has 72 heavy (non-hydrogen) atoms. The third kappa shape index (κ3) is 8.72. The number of aliphatic hydroxyl groups is 1. The van der Waals surface area contributed by atoms with Gasteiger partial charge in [-0.15, -0.1) is 47.2 Å². The third-order valence-electron chi connectivity index (χ3n) is 13.3. The first-order valence-corrected chi connectivity index (χ1v) is 24.6. The van der Waals surface area contributed by atoms with E-state index in [4.69, 9.17) is 20.1 Å². The van der Waals surface area contributed by atoms with Crippen LogP contribution in [0.15, 0.2) is 206 Å². The van der Waals surface area contributed by atoms with E-state index in [-0.39, 0.29) is 37.1 Å². The molecule has 8 heteroatoms. The van der Waals surface area contributed by atoms with E-state index in [1.54, 1.807) is 0 Å². The second-order valence-corrected chi connectivity index (χ2v) is 19.6. The van der Waals surface area contributed by atoms with E-state index < -0.39 is 0 Å². The molecule has 0 bridgehead atoms. The number of carbonyl (C=O) groups is 1. The van der Waals surface area contributed by atoms with Gasteiger partial charge < -0.3 is 5.11 Å². The molecule has 8 aromatic carbocycles. The van der Waals surface area contributed by atoms with Gasteiger partial charge in [0.1, 0.15) is 0 Å². The van der Waals surface area contributed by atoms with Gasteiger partial charge >= 0.3 is 0 Å². The maximum Gasteiger partial charge on any atom is 0.235 e. The summed E-state index contributed by atoms with van der Waals surface area (Å²) in [6.07, 6.45) is 1.17. The van der Waals surface area contributed by atoms with Gasteiger partial charge in [0, 0.05) is 69.0 Å². The number of benzene rings is 8. The number of pyridine rings is 1. The number of carbonyl (C=O) groups excluding carboxylic acids is 1. The van der Waals surface area contributed by atoms with Crippen molar-refractivity contribution in [3.05, 3.63) is 229 Å². The number of aromatic nitrogens is 4. The van der Waals surface area contributed by atoms with Crippen LogP contribution in [0.2, 0.25) is 0 Å². The summed E-state index contributed by atoms with van der Waals surface area (Å²) in [6, 6.07) is 71.5. The molecule has 4 aromatic heterocycles. The molecule has 1 aliphatic carbocycles. The Kier molecular flexibility index (Phi) is 13.1. The molecule has 12 aromatic rings. The number of thiophene rings is 1. The fraction of sp³-hybridized carbons (Fsp3) is 0.0938. The van der Waals surface area contributed by atoms with E-state index in [9.17, 15) is 4.79 Å². The number of hydrogen-bond acceptors (Lipinski definition) is 6. The van der Waals surface area contributed by atoms with Crippen molar-refractivity contribution < 1.29 is 30.0 Å². The minimum atomic E-state index is -0.177. The molecule has 0 aliphatic heterocycles. The molecule has 0 fully saturated rings. The first kappa shape index (κ1) is 47.8. The summed E-state index contributed by atoms with van der Waals surface area (Å²) in [5.41, 5.74) is 15.7. The van der Waals surface area contributed by atoms with Crippen LogP contribution in [0.1, 0.15) is 44.4 Å². The molecule has 353 valence electrons. The minimum Gasteiger partial charge on any atom is -0.512 e. The Morgan fingerprint density at radius 2 is 1.31 bits per heavy atom. The number of allylic oxidation sites excluding steroid dienone is 2. The van der Waals surface area contributed by atoms with Crippen LogP contribution in [0, 0.1) is 13.0 Å². The second kappa shape index (κ2) is 19.7. The van der Waals surface area contributed by atoms with Gasteiger partial charge in [0.2, 0.25) is 5.95 Å². The number of rotatable bonds is 5. The Bertz CT molecular complexity index is 4030. The second-order valence-electron chi connectivity index (χ2n) is 18.5. The standard InChI is InChI=1S/C43H29N3S.C16H12N.C5H8O2.Ir/c1-43(2)34-19-11-9-18-31(34)39-37(43)32-23-22-30-29-17-10-12-20-36(29)47-41(30)40(32)46(39)42-44-35-24-21-28(26-13-5-3-6-14-26)25-33(35)38(45-42)27-15-7-4-8-16-27;1-12-11-14-9-5-6-10-15(14)17-16(12)13-7-3-2-4-8-13;1-4(6)3-5(2)7;/h3-25H,1-2H3;2-7,9-11H,1H3;3,6H,1-2H3;/q;-1;;. The monoisotopic (exact) mass is 1130 g/mol. The van der Waals surface area contributed by atoms with Gasteiger partial charge in [0.15, 0.2) is 5.78 Å². The summed E-state index contributed by atoms with van der Waals surface area (Å²) in [7, 11) is 0. The smallest absolute Gasteiger partial charge is 0.235 e. The predicted molar refractivity (Wildman–Crippen MR) is 296 cm³/mol. The summed E-state index contributed by atoms with van der Waals surface area (Å²) in [5.74, 6) is 0.639. The van der Waals surface area contributed by atoms with Gasteiger partial charge in [-0.2, -0.15) is 0 Å². The minimum absolute atomic E-state index is 0. The van der Waals surface area contributed by atoms with Gasteiger partial charge in [-0.1, -0.05) is 165 Å². The SMILES string of the molecule is CC(=O)C=C(C)O.CC1(C)c2ccccc2-c2c1c1ccc3c4ccccc4sc3c1n2-c1nc(-c2ccccc2)c2cc(-c3ccccc3)ccc2n1.Cc1cc2ccccc2nc1-c1[c-]cccc1.[Ir]. The first-order chi connectivity index (χ1) is 34.5. The molecule has 1 N–H and O–H groups in total. The van der Waals surface area contributed by atoms with Crippen molar-refractivity contribution in [1.82, 2.24) is 19.5 Å². The Hall–Kier alpha value is -7.87. The number of hydrogen-bond donors (Lipinski definition) is 1. The quantitative estimate of drug-likeness (QED) is 0.105. The Balaban J connectivity index is 0.000000197. The summed E-state index contributed by atoms with van der Waals surface area (Å²) in [5, 5.41) is 14.4. The largest absolute Gasteiger partial charge is 0.512 e. The Morgan fingerprint density at radius 3 is 2.04 bits per heavy atom. The fourth-order valence-corrected chi connectivity index (χ4v) is 11.4. The van der Waals surface area contributed by atoms with Crippen LogP contribution < -0.4 is 0 Å². The number of nitrogens with zero attached hydrogens (tertiary/aromatic N) is 4. The van der Waals surface area contributed by atoms with Gasteiger partial charge in [0.05, 0.1) is 38.4 Å². The fourth-order valence-electron chi connectivity index (χ4n) is 10.2. The number of ketones is 1. The normalized spacial score (nSPS) is 12.4. The average Bonchev–Trinajstić information content (AvgIpc) is 4.03. The summed E-state index contributed by atoms with van der Waals surface area (Å²) in [4.78, 5) is 25.6. The van der Waals surface area contributed by atoms with Crippen LogP contribution in [0.4, 0.5) is 0 Å². The molecular formula is C64H49IrN4O2S-. The molecule has 6 nitrogen and oxygen atoms in total. The molecule has 1 aliphatic rings. The van der Waals surface area contributed by atoms with E-state index in [0.717, 1.165) is 44.5 Å². The number of aryl methyl sites for hydroxylation is 1. The molecule has 0 amide bonds. The van der Waals surface area contributed by atoms with Crippen molar-refractivity contribution in [3.63, 3.8) is 0 Å². The van der Waals surface area contributed by atoms with Crippen molar-refractivity contribution in [2.45, 2.75) is 40.0 Å². The molecule has 13 rings (SSSR count). The van der Waals surface area contributed by atoms with Crippen molar-refractivity contribution in [3.8, 4) is 50.8 Å². The molecular weight excluding hydrogens is 1080 g/mol. The van der Waals surface area contributed by atoms with Gasteiger partial charge in [-0.05, 0) is 78.4 Å². The zero-order valence-electron chi connectivity index (χ0n) is 40.4. The van der Waals surface area contributed by atoms with Crippen molar-refractivity contribution >= 4 is 70.0 Å². The number of fused-ring (bicyclic) bond motifs is 11. The molecule has 4 heterocycles. The van der Waals surface area contributed by atoms with Gasteiger partial charge in [0.25, 0.3) is 0 Å². The zero-order chi connectivity index (χ0) is 48.8. The van der Waals surface area contributed by atoms with Crippen LogP contribution in [0.5, 0.6) is 0 Å². The average molecular weight is 1130 g/mol. The van der Waals surface area contributed by atoms with Gasteiger partial charge in [-0.3, -0.25) is 14.3 Å². The van der Waals surface area contributed by atoms with Crippen LogP contribution in [-0.4, -0.2) is 30.4 Å². The molecule has 0 saturated heterocycles. The predicted octanol–water partition coefficient (Wildman–Crippen LogP) is 16.6. The Labute approximate surface area is 436 Å². The van der Waals surface area contributed by atoms with E-state index in [2.05, 4.69) is 183 Å². The number of para-hydroxylation sites is 1. The van der Waals surface area contributed by atoms with E-state index >= 15 is 0 Å². The molecule has 1 radical (unpaired) electrons. The first-order valence-electron chi connectivity index (χ1n) is 23.8. The van der Waals surface area contributed by atoms with Crippen LogP contribution in [-0.2, 0) is 30.3 Å². The summed E-state index contributed by atoms with van der Waals surface area (Å²) >= 11 is 1.87. The molecule has 0 unspecified atom stereocenters. The maximum absolute atomic E-state index is 10.0. The zero-order valence-corrected chi connectivity index (χ0v) is 43.7. The Morgan fingerprint density at radius 1 is 0.625 bits per heavy atom. The van der Waals surface area contributed by atoms with Gasteiger partial charge in [-0.25, -0.2) is 9.97 Å². The van der Waals surface area contributed by atoms with E-state index in [1.165, 1.54) is 89.9 Å². The molecule has 0 spiro atoms. The summed E-state index contributed by atoms with van der Waals surface area (Å²) < 4.78 is 4.95. The van der Waals surface area contributed by atoms with E-state index in [0.29, 0.717) is 5.95 Å². The number of aliphatic hydroxyl groups excluding tert-OH is 1. The van der Waals surface area contributed by atoms with Crippen LogP contribution in [0.3, 0.4) is 0 Å². The van der Waals surface area contributed by atoms with Crippen molar-refractivity contribution in [1.29, 1.82) is 0 Å².